The van der Waals surface area contributed by atoms with Gasteiger partial charge in [-0.3, -0.25) is 4.79 Å². The molecule has 2 aromatic carbocycles. The molecular formula is C21H20ClFN2O2S. The van der Waals surface area contributed by atoms with Crippen molar-refractivity contribution in [1.82, 2.24) is 9.88 Å². The molecule has 0 aliphatic rings. The van der Waals surface area contributed by atoms with Crippen molar-refractivity contribution in [3.05, 3.63) is 69.9 Å². The third-order valence-corrected chi connectivity index (χ3v) is 5.39. The summed E-state index contributed by atoms with van der Waals surface area (Å²) in [4.78, 5) is 18.3. The third-order valence-electron chi connectivity index (χ3n) is 4.28. The van der Waals surface area contributed by atoms with E-state index in [0.717, 1.165) is 5.56 Å². The van der Waals surface area contributed by atoms with E-state index < -0.39 is 5.82 Å². The van der Waals surface area contributed by atoms with Gasteiger partial charge in [-0.15, -0.1) is 11.3 Å². The van der Waals surface area contributed by atoms with Crippen LogP contribution in [-0.4, -0.2) is 28.9 Å². The van der Waals surface area contributed by atoms with Gasteiger partial charge in [0.2, 0.25) is 0 Å². The first-order valence-corrected chi connectivity index (χ1v) is 10.0. The van der Waals surface area contributed by atoms with Gasteiger partial charge in [0.15, 0.2) is 0 Å². The van der Waals surface area contributed by atoms with Crippen molar-refractivity contribution in [2.24, 2.45) is 0 Å². The molecule has 4 nitrogen and oxygen atoms in total. The number of hydrogen-bond acceptors (Lipinski definition) is 4. The summed E-state index contributed by atoms with van der Waals surface area (Å²) in [6.07, 6.45) is 0. The second kappa shape index (κ2) is 8.71. The number of halogens is 2. The van der Waals surface area contributed by atoms with Crippen LogP contribution in [0.3, 0.4) is 0 Å². The summed E-state index contributed by atoms with van der Waals surface area (Å²) in [5, 5.41) is 2.73. The van der Waals surface area contributed by atoms with Crippen molar-refractivity contribution in [3.63, 3.8) is 0 Å². The Labute approximate surface area is 172 Å². The highest BCUT2D eigenvalue weighted by Crippen LogP contribution is 2.29. The summed E-state index contributed by atoms with van der Waals surface area (Å²) in [6, 6.07) is 12.0. The molecule has 0 unspecified atom stereocenters. The van der Waals surface area contributed by atoms with Gasteiger partial charge in [0.25, 0.3) is 5.91 Å². The summed E-state index contributed by atoms with van der Waals surface area (Å²) in [5.41, 5.74) is 1.55. The Balaban J connectivity index is 1.73. The summed E-state index contributed by atoms with van der Waals surface area (Å²) < 4.78 is 20.2. The number of thiazole rings is 1. The van der Waals surface area contributed by atoms with Gasteiger partial charge in [-0.1, -0.05) is 23.7 Å². The Morgan fingerprint density at radius 1 is 1.29 bits per heavy atom. The molecule has 0 atom stereocenters. The van der Waals surface area contributed by atoms with Crippen molar-refractivity contribution in [1.29, 1.82) is 0 Å². The van der Waals surface area contributed by atoms with Crippen molar-refractivity contribution in [2.45, 2.75) is 26.5 Å². The molecule has 28 heavy (non-hydrogen) atoms. The third kappa shape index (κ3) is 4.69. The maximum Gasteiger partial charge on any atom is 0.273 e. The van der Waals surface area contributed by atoms with E-state index in [2.05, 4.69) is 4.98 Å². The van der Waals surface area contributed by atoms with Crippen LogP contribution in [0.25, 0.3) is 10.6 Å². The zero-order valence-corrected chi connectivity index (χ0v) is 17.4. The normalized spacial score (nSPS) is 10.9. The predicted molar refractivity (Wildman–Crippen MR) is 111 cm³/mol. The van der Waals surface area contributed by atoms with E-state index in [1.54, 1.807) is 41.6 Å². The number of aromatic nitrogens is 1. The van der Waals surface area contributed by atoms with Gasteiger partial charge in [-0.25, -0.2) is 9.37 Å². The molecular weight excluding hydrogens is 399 g/mol. The first-order valence-electron chi connectivity index (χ1n) is 8.75. The first-order chi connectivity index (χ1) is 13.3. The van der Waals surface area contributed by atoms with Crippen LogP contribution in [0.2, 0.25) is 5.02 Å². The van der Waals surface area contributed by atoms with Crippen molar-refractivity contribution in [3.8, 4) is 16.3 Å². The van der Waals surface area contributed by atoms with Crippen LogP contribution in [0.4, 0.5) is 4.39 Å². The average Bonchev–Trinajstić information content (AvgIpc) is 3.15. The van der Waals surface area contributed by atoms with Crippen molar-refractivity contribution >= 4 is 28.8 Å². The van der Waals surface area contributed by atoms with E-state index in [0.29, 0.717) is 27.0 Å². The number of amides is 1. The molecule has 3 rings (SSSR count). The lowest BCUT2D eigenvalue weighted by Crippen LogP contribution is -2.33. The minimum atomic E-state index is -0.450. The number of benzene rings is 2. The Hall–Kier alpha value is -2.44. The van der Waals surface area contributed by atoms with Gasteiger partial charge in [-0.2, -0.15) is 0 Å². The van der Waals surface area contributed by atoms with Gasteiger partial charge in [0, 0.05) is 35.1 Å². The highest BCUT2D eigenvalue weighted by atomic mass is 35.5. The molecule has 146 valence electrons. The number of nitrogens with zero attached hydrogens (tertiary/aromatic N) is 2. The topological polar surface area (TPSA) is 42.4 Å². The number of hydrogen-bond donors (Lipinski definition) is 0. The summed E-state index contributed by atoms with van der Waals surface area (Å²) >= 11 is 7.19. The highest BCUT2D eigenvalue weighted by molar-refractivity contribution is 7.13. The van der Waals surface area contributed by atoms with E-state index in [1.165, 1.54) is 17.4 Å². The van der Waals surface area contributed by atoms with Crippen LogP contribution in [0.1, 0.15) is 29.9 Å². The molecule has 1 heterocycles. The van der Waals surface area contributed by atoms with Crippen LogP contribution in [-0.2, 0) is 6.61 Å². The van der Waals surface area contributed by atoms with Crippen LogP contribution in [0.15, 0.2) is 47.8 Å². The molecule has 1 amide bonds. The smallest absolute Gasteiger partial charge is 0.273 e. The van der Waals surface area contributed by atoms with Crippen LogP contribution in [0.5, 0.6) is 5.75 Å². The summed E-state index contributed by atoms with van der Waals surface area (Å²) in [6.45, 7) is 4.14. The van der Waals surface area contributed by atoms with Gasteiger partial charge in [-0.05, 0) is 43.7 Å². The zero-order valence-electron chi connectivity index (χ0n) is 15.8. The maximum absolute atomic E-state index is 14.6. The molecule has 0 aliphatic heterocycles. The molecule has 0 aliphatic carbocycles. The van der Waals surface area contributed by atoms with Gasteiger partial charge in [0.1, 0.15) is 28.9 Å². The fraction of sp³-hybridized carbons (Fsp3) is 0.238. The molecule has 0 N–H and O–H groups in total. The molecule has 0 saturated carbocycles. The second-order valence-electron chi connectivity index (χ2n) is 6.61. The van der Waals surface area contributed by atoms with E-state index in [1.807, 2.05) is 26.0 Å². The summed E-state index contributed by atoms with van der Waals surface area (Å²) in [5.74, 6) is -0.220. The number of carbonyl (C=O) groups is 1. The highest BCUT2D eigenvalue weighted by Gasteiger charge is 2.19. The molecule has 0 spiro atoms. The lowest BCUT2D eigenvalue weighted by Gasteiger charge is -2.20. The fourth-order valence-electron chi connectivity index (χ4n) is 2.46. The van der Waals surface area contributed by atoms with E-state index in [9.17, 15) is 9.18 Å². The zero-order chi connectivity index (χ0) is 20.3. The van der Waals surface area contributed by atoms with E-state index in [-0.39, 0.29) is 18.6 Å². The van der Waals surface area contributed by atoms with Gasteiger partial charge < -0.3 is 9.64 Å². The molecule has 0 saturated heterocycles. The minimum Gasteiger partial charge on any atom is -0.489 e. The van der Waals surface area contributed by atoms with Crippen LogP contribution < -0.4 is 4.74 Å². The first kappa shape index (κ1) is 20.3. The van der Waals surface area contributed by atoms with E-state index in [4.69, 9.17) is 16.3 Å². The number of ether oxygens (including phenoxy) is 1. The van der Waals surface area contributed by atoms with Gasteiger partial charge >= 0.3 is 0 Å². The maximum atomic E-state index is 14.6. The van der Waals surface area contributed by atoms with E-state index >= 15 is 0 Å². The Morgan fingerprint density at radius 2 is 2.07 bits per heavy atom. The van der Waals surface area contributed by atoms with Crippen LogP contribution in [0, 0.1) is 5.82 Å². The molecule has 1 aromatic heterocycles. The Morgan fingerprint density at radius 3 is 2.75 bits per heavy atom. The standard InChI is InChI=1S/C21H20ClFN2O2S/c1-13(2)25(3)21(26)19-12-28-20(24-19)17-8-7-16(10-18(17)23)27-11-14-5-4-6-15(22)9-14/h4-10,12-13H,11H2,1-3H3. The number of carbonyl (C=O) groups excluding carboxylic acids is 1. The molecule has 3 aromatic rings. The van der Waals surface area contributed by atoms with Crippen LogP contribution >= 0.6 is 22.9 Å². The molecule has 7 heteroatoms. The second-order valence-corrected chi connectivity index (χ2v) is 7.90. The minimum absolute atomic E-state index is 0.0605. The molecule has 0 radical (unpaired) electrons. The largest absolute Gasteiger partial charge is 0.489 e. The average molecular weight is 419 g/mol. The monoisotopic (exact) mass is 418 g/mol. The Bertz CT molecular complexity index is 990. The van der Waals surface area contributed by atoms with Crippen molar-refractivity contribution < 1.29 is 13.9 Å². The number of rotatable bonds is 6. The Kier molecular flexibility index (Phi) is 6.31. The lowest BCUT2D eigenvalue weighted by molar-refractivity contribution is 0.0750. The summed E-state index contributed by atoms with van der Waals surface area (Å²) in [7, 11) is 1.72. The predicted octanol–water partition coefficient (Wildman–Crippen LogP) is 5.66. The van der Waals surface area contributed by atoms with Gasteiger partial charge in [0.05, 0.1) is 0 Å². The molecule has 0 fully saturated rings. The molecule has 0 bridgehead atoms. The SMILES string of the molecule is CC(C)N(C)C(=O)c1csc(-c2ccc(OCc3cccc(Cl)c3)cc2F)n1. The lowest BCUT2D eigenvalue weighted by atomic mass is 10.2. The quantitative estimate of drug-likeness (QED) is 0.518. The van der Waals surface area contributed by atoms with Crippen molar-refractivity contribution in [2.75, 3.05) is 7.05 Å². The fourth-order valence-corrected chi connectivity index (χ4v) is 3.50.